The Kier molecular flexibility index (Phi) is 3.16. The highest BCUT2D eigenvalue weighted by Gasteiger charge is 2.09. The molecule has 0 spiro atoms. The number of carbonyl (C=O) groups is 1. The molecule has 3 rings (SSSR count). The fraction of sp³-hybridized carbons (Fsp3) is 0.133. The summed E-state index contributed by atoms with van der Waals surface area (Å²) in [7, 11) is 0. The molecule has 0 unspecified atom stereocenters. The monoisotopic (exact) mass is 267 g/mol. The molecule has 0 bridgehead atoms. The number of pyridine rings is 1. The first kappa shape index (κ1) is 12.3. The number of fused-ring (bicyclic) bond motifs is 1. The van der Waals surface area contributed by atoms with Crippen molar-refractivity contribution in [3.8, 4) is 0 Å². The van der Waals surface area contributed by atoms with Crippen molar-refractivity contribution in [1.82, 2.24) is 15.3 Å². The van der Waals surface area contributed by atoms with Crippen LogP contribution in [-0.4, -0.2) is 15.9 Å². The molecule has 5 nitrogen and oxygen atoms in total. The van der Waals surface area contributed by atoms with Crippen LogP contribution in [0.3, 0.4) is 0 Å². The molecule has 0 atom stereocenters. The highest BCUT2D eigenvalue weighted by Crippen LogP contribution is 2.16. The largest absolute Gasteiger partial charge is 0.441 e. The summed E-state index contributed by atoms with van der Waals surface area (Å²) in [5.41, 5.74) is 2.96. The van der Waals surface area contributed by atoms with Gasteiger partial charge in [-0.2, -0.15) is 0 Å². The predicted molar refractivity (Wildman–Crippen MR) is 74.2 cm³/mol. The molecular weight excluding hydrogens is 254 g/mol. The van der Waals surface area contributed by atoms with Gasteiger partial charge >= 0.3 is 0 Å². The van der Waals surface area contributed by atoms with Gasteiger partial charge in [0.25, 0.3) is 5.91 Å². The molecule has 100 valence electrons. The SMILES string of the molecule is Cc1nc2cc(C(=O)NCc3ccncc3)ccc2o1. The van der Waals surface area contributed by atoms with Gasteiger partial charge in [0.1, 0.15) is 5.52 Å². The van der Waals surface area contributed by atoms with Crippen molar-refractivity contribution in [2.45, 2.75) is 13.5 Å². The second-order valence-electron chi connectivity index (χ2n) is 4.45. The second-order valence-corrected chi connectivity index (χ2v) is 4.45. The zero-order valence-electron chi connectivity index (χ0n) is 11.0. The molecule has 0 fully saturated rings. The van der Waals surface area contributed by atoms with E-state index < -0.39 is 0 Å². The van der Waals surface area contributed by atoms with E-state index in [1.54, 1.807) is 37.5 Å². The molecule has 1 aromatic carbocycles. The average Bonchev–Trinajstić information content (AvgIpc) is 2.85. The maximum atomic E-state index is 12.1. The maximum absolute atomic E-state index is 12.1. The first-order valence-corrected chi connectivity index (χ1v) is 6.27. The van der Waals surface area contributed by atoms with Crippen molar-refractivity contribution < 1.29 is 9.21 Å². The minimum atomic E-state index is -0.135. The summed E-state index contributed by atoms with van der Waals surface area (Å²) in [6.45, 7) is 2.25. The van der Waals surface area contributed by atoms with E-state index in [2.05, 4.69) is 15.3 Å². The van der Waals surface area contributed by atoms with Crippen LogP contribution in [0.2, 0.25) is 0 Å². The maximum Gasteiger partial charge on any atom is 0.251 e. The van der Waals surface area contributed by atoms with Crippen LogP contribution < -0.4 is 5.32 Å². The van der Waals surface area contributed by atoms with Crippen LogP contribution in [0.1, 0.15) is 21.8 Å². The van der Waals surface area contributed by atoms with Gasteiger partial charge in [-0.3, -0.25) is 9.78 Å². The van der Waals surface area contributed by atoms with E-state index >= 15 is 0 Å². The molecule has 0 saturated heterocycles. The lowest BCUT2D eigenvalue weighted by Crippen LogP contribution is -2.22. The van der Waals surface area contributed by atoms with Gasteiger partial charge in [0, 0.05) is 31.4 Å². The number of amides is 1. The summed E-state index contributed by atoms with van der Waals surface area (Å²) in [4.78, 5) is 20.2. The minimum Gasteiger partial charge on any atom is -0.441 e. The van der Waals surface area contributed by atoms with E-state index in [1.807, 2.05) is 12.1 Å². The van der Waals surface area contributed by atoms with Gasteiger partial charge in [0.15, 0.2) is 11.5 Å². The Hall–Kier alpha value is -2.69. The smallest absolute Gasteiger partial charge is 0.251 e. The van der Waals surface area contributed by atoms with Crippen LogP contribution in [0, 0.1) is 6.92 Å². The molecule has 0 aliphatic heterocycles. The highest BCUT2D eigenvalue weighted by atomic mass is 16.3. The van der Waals surface area contributed by atoms with Crippen LogP contribution >= 0.6 is 0 Å². The zero-order chi connectivity index (χ0) is 13.9. The van der Waals surface area contributed by atoms with Crippen molar-refractivity contribution >= 4 is 17.0 Å². The Labute approximate surface area is 115 Å². The number of hydrogen-bond donors (Lipinski definition) is 1. The fourth-order valence-electron chi connectivity index (χ4n) is 1.97. The zero-order valence-corrected chi connectivity index (χ0v) is 11.0. The Morgan fingerprint density at radius 3 is 2.85 bits per heavy atom. The number of carbonyl (C=O) groups excluding carboxylic acids is 1. The number of rotatable bonds is 3. The summed E-state index contributed by atoms with van der Waals surface area (Å²) in [5.74, 6) is 0.457. The molecule has 2 heterocycles. The van der Waals surface area contributed by atoms with Crippen molar-refractivity contribution in [3.63, 3.8) is 0 Å². The molecule has 5 heteroatoms. The highest BCUT2D eigenvalue weighted by molar-refractivity contribution is 5.97. The van der Waals surface area contributed by atoms with Gasteiger partial charge in [-0.25, -0.2) is 4.98 Å². The van der Waals surface area contributed by atoms with Crippen LogP contribution in [0.15, 0.2) is 47.1 Å². The quantitative estimate of drug-likeness (QED) is 0.791. The lowest BCUT2D eigenvalue weighted by molar-refractivity contribution is 0.0951. The average molecular weight is 267 g/mol. The molecule has 20 heavy (non-hydrogen) atoms. The third kappa shape index (κ3) is 2.51. The normalized spacial score (nSPS) is 10.7. The predicted octanol–water partition coefficient (Wildman–Crippen LogP) is 2.46. The number of aryl methyl sites for hydroxylation is 1. The fourth-order valence-corrected chi connectivity index (χ4v) is 1.97. The Morgan fingerprint density at radius 2 is 2.05 bits per heavy atom. The molecular formula is C15H13N3O2. The van der Waals surface area contributed by atoms with E-state index in [0.29, 0.717) is 29.1 Å². The summed E-state index contributed by atoms with van der Waals surface area (Å²) in [6.07, 6.45) is 3.40. The number of oxazole rings is 1. The van der Waals surface area contributed by atoms with E-state index in [9.17, 15) is 4.79 Å². The standard InChI is InChI=1S/C15H13N3O2/c1-10-18-13-8-12(2-3-14(13)20-10)15(19)17-9-11-4-6-16-7-5-11/h2-8H,9H2,1H3,(H,17,19). The van der Waals surface area contributed by atoms with Gasteiger partial charge in [-0.15, -0.1) is 0 Å². The third-order valence-electron chi connectivity index (χ3n) is 2.96. The molecule has 0 radical (unpaired) electrons. The number of benzene rings is 1. The molecule has 0 saturated carbocycles. The van der Waals surface area contributed by atoms with Gasteiger partial charge in [0.05, 0.1) is 0 Å². The van der Waals surface area contributed by atoms with Gasteiger partial charge in [-0.1, -0.05) is 0 Å². The van der Waals surface area contributed by atoms with Gasteiger partial charge < -0.3 is 9.73 Å². The van der Waals surface area contributed by atoms with Crippen LogP contribution in [-0.2, 0) is 6.54 Å². The summed E-state index contributed by atoms with van der Waals surface area (Å²) < 4.78 is 5.38. The number of aromatic nitrogens is 2. The Bertz CT molecular complexity index is 750. The molecule has 3 aromatic rings. The van der Waals surface area contributed by atoms with E-state index in [1.165, 1.54) is 0 Å². The summed E-state index contributed by atoms with van der Waals surface area (Å²) in [5, 5.41) is 2.86. The van der Waals surface area contributed by atoms with Gasteiger partial charge in [0.2, 0.25) is 0 Å². The second kappa shape index (κ2) is 5.13. The topological polar surface area (TPSA) is 68.0 Å². The van der Waals surface area contributed by atoms with Crippen LogP contribution in [0.25, 0.3) is 11.1 Å². The lowest BCUT2D eigenvalue weighted by Gasteiger charge is -2.04. The Morgan fingerprint density at radius 1 is 1.25 bits per heavy atom. The van der Waals surface area contributed by atoms with Crippen molar-refractivity contribution in [3.05, 3.63) is 59.7 Å². The molecule has 1 amide bonds. The van der Waals surface area contributed by atoms with E-state index in [-0.39, 0.29) is 5.91 Å². The van der Waals surface area contributed by atoms with Crippen molar-refractivity contribution in [2.24, 2.45) is 0 Å². The van der Waals surface area contributed by atoms with Crippen molar-refractivity contribution in [2.75, 3.05) is 0 Å². The molecule has 0 aliphatic carbocycles. The molecule has 0 aliphatic rings. The number of nitrogens with zero attached hydrogens (tertiary/aromatic N) is 2. The summed E-state index contributed by atoms with van der Waals surface area (Å²) >= 11 is 0. The first-order valence-electron chi connectivity index (χ1n) is 6.27. The number of hydrogen-bond acceptors (Lipinski definition) is 4. The minimum absolute atomic E-state index is 0.135. The third-order valence-corrected chi connectivity index (χ3v) is 2.96. The summed E-state index contributed by atoms with van der Waals surface area (Å²) in [6, 6.07) is 8.95. The lowest BCUT2D eigenvalue weighted by atomic mass is 10.2. The van der Waals surface area contributed by atoms with Gasteiger partial charge in [-0.05, 0) is 35.9 Å². The molecule has 1 N–H and O–H groups in total. The van der Waals surface area contributed by atoms with E-state index in [0.717, 1.165) is 5.56 Å². The van der Waals surface area contributed by atoms with Crippen molar-refractivity contribution in [1.29, 1.82) is 0 Å². The number of nitrogens with one attached hydrogen (secondary N) is 1. The molecule has 2 aromatic heterocycles. The van der Waals surface area contributed by atoms with Crippen LogP contribution in [0.4, 0.5) is 0 Å². The Balaban J connectivity index is 1.75. The van der Waals surface area contributed by atoms with E-state index in [4.69, 9.17) is 4.42 Å². The van der Waals surface area contributed by atoms with Crippen LogP contribution in [0.5, 0.6) is 0 Å². The first-order chi connectivity index (χ1) is 9.72.